The minimum Gasteiger partial charge on any atom is -0.460 e. The van der Waals surface area contributed by atoms with E-state index in [-0.39, 0.29) is 12.6 Å². The summed E-state index contributed by atoms with van der Waals surface area (Å²) in [5.41, 5.74) is 0.173. The summed E-state index contributed by atoms with van der Waals surface area (Å²) in [7, 11) is 0. The Morgan fingerprint density at radius 3 is 2.28 bits per heavy atom. The number of hydrogen-bond acceptors (Lipinski definition) is 3. The van der Waals surface area contributed by atoms with Crippen LogP contribution in [0.2, 0.25) is 0 Å². The molecule has 0 heterocycles. The first-order valence-corrected chi connectivity index (χ1v) is 6.46. The maximum atomic E-state index is 12.2. The molecule has 1 rings (SSSR count). The largest absolute Gasteiger partial charge is 0.460 e. The smallest absolute Gasteiger partial charge is 0.315 e. The fraction of sp³-hybridized carbons (Fsp3) is 0.533. The SMILES string of the molecule is CCC(CC)(C(=O)OCc1ccccc1)C(C)O. The van der Waals surface area contributed by atoms with Crippen LogP contribution in [0.3, 0.4) is 0 Å². The van der Waals surface area contributed by atoms with E-state index < -0.39 is 11.5 Å². The summed E-state index contributed by atoms with van der Waals surface area (Å²) in [6.45, 7) is 5.71. The lowest BCUT2D eigenvalue weighted by Gasteiger charge is -2.31. The van der Waals surface area contributed by atoms with Crippen LogP contribution in [0.5, 0.6) is 0 Å². The molecule has 0 saturated heterocycles. The molecule has 0 aliphatic rings. The van der Waals surface area contributed by atoms with Crippen LogP contribution in [-0.2, 0) is 16.1 Å². The van der Waals surface area contributed by atoms with Gasteiger partial charge in [0.05, 0.1) is 11.5 Å². The monoisotopic (exact) mass is 250 g/mol. The van der Waals surface area contributed by atoms with Crippen molar-refractivity contribution in [3.05, 3.63) is 35.9 Å². The number of esters is 1. The van der Waals surface area contributed by atoms with E-state index in [1.165, 1.54) is 0 Å². The Kier molecular flexibility index (Phi) is 5.35. The predicted octanol–water partition coefficient (Wildman–Crippen LogP) is 2.92. The van der Waals surface area contributed by atoms with Gasteiger partial charge in [0.25, 0.3) is 0 Å². The van der Waals surface area contributed by atoms with Crippen molar-refractivity contribution in [1.29, 1.82) is 0 Å². The van der Waals surface area contributed by atoms with Crippen molar-refractivity contribution in [1.82, 2.24) is 0 Å². The second kappa shape index (κ2) is 6.55. The van der Waals surface area contributed by atoms with Crippen molar-refractivity contribution in [2.75, 3.05) is 0 Å². The molecule has 1 unspecified atom stereocenters. The van der Waals surface area contributed by atoms with Gasteiger partial charge in [0, 0.05) is 0 Å². The van der Waals surface area contributed by atoms with Gasteiger partial charge in [-0.1, -0.05) is 44.2 Å². The molecule has 1 aromatic rings. The molecular weight excluding hydrogens is 228 g/mol. The highest BCUT2D eigenvalue weighted by Gasteiger charge is 2.41. The molecule has 0 saturated carbocycles. The van der Waals surface area contributed by atoms with Crippen LogP contribution in [0.25, 0.3) is 0 Å². The molecule has 0 amide bonds. The normalized spacial score (nSPS) is 13.1. The van der Waals surface area contributed by atoms with Gasteiger partial charge in [-0.3, -0.25) is 4.79 Å². The summed E-state index contributed by atoms with van der Waals surface area (Å²) in [6.07, 6.45) is 0.458. The number of rotatable bonds is 6. The molecule has 100 valence electrons. The highest BCUT2D eigenvalue weighted by Crippen LogP contribution is 2.32. The Labute approximate surface area is 109 Å². The van der Waals surface area contributed by atoms with E-state index in [1.807, 2.05) is 44.2 Å². The van der Waals surface area contributed by atoms with Gasteiger partial charge in [0.2, 0.25) is 0 Å². The van der Waals surface area contributed by atoms with E-state index in [0.717, 1.165) is 5.56 Å². The average molecular weight is 250 g/mol. The number of carbonyl (C=O) groups excluding carboxylic acids is 1. The Morgan fingerprint density at radius 2 is 1.83 bits per heavy atom. The molecule has 0 fully saturated rings. The number of ether oxygens (including phenoxy) is 1. The second-order valence-electron chi connectivity index (χ2n) is 4.60. The lowest BCUT2D eigenvalue weighted by molar-refractivity contribution is -0.165. The molecule has 0 aliphatic carbocycles. The summed E-state index contributed by atoms with van der Waals surface area (Å²) in [4.78, 5) is 12.2. The highest BCUT2D eigenvalue weighted by atomic mass is 16.5. The molecule has 1 N–H and O–H groups in total. The van der Waals surface area contributed by atoms with Crippen molar-refractivity contribution in [3.8, 4) is 0 Å². The summed E-state index contributed by atoms with van der Waals surface area (Å²) in [6, 6.07) is 9.56. The van der Waals surface area contributed by atoms with Crippen molar-refractivity contribution < 1.29 is 14.6 Å². The van der Waals surface area contributed by atoms with Crippen LogP contribution in [0.1, 0.15) is 39.2 Å². The first kappa shape index (κ1) is 14.7. The van der Waals surface area contributed by atoms with Gasteiger partial charge in [-0.2, -0.15) is 0 Å². The van der Waals surface area contributed by atoms with Crippen molar-refractivity contribution in [2.45, 2.75) is 46.3 Å². The van der Waals surface area contributed by atoms with Crippen LogP contribution in [0, 0.1) is 5.41 Å². The van der Waals surface area contributed by atoms with Crippen LogP contribution >= 0.6 is 0 Å². The van der Waals surface area contributed by atoms with E-state index in [4.69, 9.17) is 4.74 Å². The zero-order valence-electron chi connectivity index (χ0n) is 11.3. The summed E-state index contributed by atoms with van der Waals surface area (Å²) >= 11 is 0. The van der Waals surface area contributed by atoms with Gasteiger partial charge in [-0.05, 0) is 25.3 Å². The van der Waals surface area contributed by atoms with Gasteiger partial charge in [0.1, 0.15) is 6.61 Å². The standard InChI is InChI=1S/C15H22O3/c1-4-15(5-2,12(3)16)14(17)18-11-13-9-7-6-8-10-13/h6-10,12,16H,4-5,11H2,1-3H3. The van der Waals surface area contributed by atoms with E-state index >= 15 is 0 Å². The van der Waals surface area contributed by atoms with Crippen LogP contribution in [0.4, 0.5) is 0 Å². The van der Waals surface area contributed by atoms with Gasteiger partial charge in [0.15, 0.2) is 0 Å². The molecule has 0 radical (unpaired) electrons. The zero-order chi connectivity index (χ0) is 13.6. The van der Waals surface area contributed by atoms with E-state index in [2.05, 4.69) is 0 Å². The summed E-state index contributed by atoms with van der Waals surface area (Å²) in [5, 5.41) is 9.83. The Hall–Kier alpha value is -1.35. The Bertz CT molecular complexity index is 367. The van der Waals surface area contributed by atoms with Crippen LogP contribution < -0.4 is 0 Å². The van der Waals surface area contributed by atoms with E-state index in [9.17, 15) is 9.90 Å². The van der Waals surface area contributed by atoms with Gasteiger partial charge < -0.3 is 9.84 Å². The van der Waals surface area contributed by atoms with Crippen molar-refractivity contribution in [3.63, 3.8) is 0 Å². The van der Waals surface area contributed by atoms with Gasteiger partial charge in [-0.15, -0.1) is 0 Å². The minimum atomic E-state index is -0.783. The summed E-state index contributed by atoms with van der Waals surface area (Å²) < 4.78 is 5.34. The average Bonchev–Trinajstić information content (AvgIpc) is 2.39. The quantitative estimate of drug-likeness (QED) is 0.790. The zero-order valence-corrected chi connectivity index (χ0v) is 11.3. The van der Waals surface area contributed by atoms with Crippen molar-refractivity contribution >= 4 is 5.97 Å². The molecule has 0 bridgehead atoms. The molecule has 3 nitrogen and oxygen atoms in total. The number of benzene rings is 1. The van der Waals surface area contributed by atoms with E-state index in [0.29, 0.717) is 12.8 Å². The number of aliphatic hydroxyl groups excluding tert-OH is 1. The third kappa shape index (κ3) is 3.10. The fourth-order valence-electron chi connectivity index (χ4n) is 2.17. The van der Waals surface area contributed by atoms with Crippen LogP contribution in [0.15, 0.2) is 30.3 Å². The molecule has 18 heavy (non-hydrogen) atoms. The molecule has 0 spiro atoms. The van der Waals surface area contributed by atoms with Crippen LogP contribution in [-0.4, -0.2) is 17.2 Å². The minimum absolute atomic E-state index is 0.258. The molecule has 0 aromatic heterocycles. The topological polar surface area (TPSA) is 46.5 Å². The lowest BCUT2D eigenvalue weighted by atomic mass is 9.78. The third-order valence-corrected chi connectivity index (χ3v) is 3.68. The fourth-order valence-corrected chi connectivity index (χ4v) is 2.17. The second-order valence-corrected chi connectivity index (χ2v) is 4.60. The predicted molar refractivity (Wildman–Crippen MR) is 70.9 cm³/mol. The Balaban J connectivity index is 2.69. The maximum Gasteiger partial charge on any atom is 0.315 e. The van der Waals surface area contributed by atoms with Gasteiger partial charge >= 0.3 is 5.97 Å². The molecular formula is C15H22O3. The first-order valence-electron chi connectivity index (χ1n) is 6.46. The van der Waals surface area contributed by atoms with E-state index in [1.54, 1.807) is 6.92 Å². The third-order valence-electron chi connectivity index (χ3n) is 3.68. The molecule has 3 heteroatoms. The Morgan fingerprint density at radius 1 is 1.28 bits per heavy atom. The molecule has 1 aromatic carbocycles. The molecule has 0 aliphatic heterocycles. The lowest BCUT2D eigenvalue weighted by Crippen LogP contribution is -2.41. The highest BCUT2D eigenvalue weighted by molar-refractivity contribution is 5.77. The first-order chi connectivity index (χ1) is 8.56. The maximum absolute atomic E-state index is 12.2. The number of hydrogen-bond donors (Lipinski definition) is 1. The summed E-state index contributed by atoms with van der Waals surface area (Å²) in [5.74, 6) is -0.314. The van der Waals surface area contributed by atoms with Gasteiger partial charge in [-0.25, -0.2) is 0 Å². The molecule has 1 atom stereocenters. The van der Waals surface area contributed by atoms with Crippen molar-refractivity contribution in [2.24, 2.45) is 5.41 Å². The number of carbonyl (C=O) groups is 1. The number of aliphatic hydroxyl groups is 1.